The van der Waals surface area contributed by atoms with Crippen molar-refractivity contribution < 1.29 is 31.9 Å². The molecule has 0 aromatic heterocycles. The van der Waals surface area contributed by atoms with Crippen molar-refractivity contribution in [1.82, 2.24) is 15.1 Å². The van der Waals surface area contributed by atoms with Gasteiger partial charge in [-0.2, -0.15) is 0 Å². The summed E-state index contributed by atoms with van der Waals surface area (Å²) >= 11 is 0. The summed E-state index contributed by atoms with van der Waals surface area (Å²) in [5.74, 6) is -1.09. The van der Waals surface area contributed by atoms with Gasteiger partial charge in [0, 0.05) is 26.2 Å². The number of alkyl halides is 3. The summed E-state index contributed by atoms with van der Waals surface area (Å²) in [5.41, 5.74) is 1.37. The molecule has 2 aromatic carbocycles. The van der Waals surface area contributed by atoms with E-state index in [9.17, 15) is 27.2 Å². The van der Waals surface area contributed by atoms with Crippen LogP contribution in [0.5, 0.6) is 5.75 Å². The van der Waals surface area contributed by atoms with E-state index in [1.54, 1.807) is 17.0 Å². The molecule has 1 fully saturated rings. The molecule has 6 nitrogen and oxygen atoms in total. The number of rotatable bonds is 7. The number of nitrogens with one attached hydrogen (secondary N) is 1. The molecular weight excluding hydrogens is 406 g/mol. The second-order valence-electron chi connectivity index (χ2n) is 6.72. The molecule has 1 aliphatic rings. The van der Waals surface area contributed by atoms with Crippen molar-refractivity contribution in [2.75, 3.05) is 19.6 Å². The molecule has 1 aliphatic heterocycles. The zero-order chi connectivity index (χ0) is 21.7. The number of halogens is 4. The molecule has 1 saturated heterocycles. The number of nitrogens with zero attached hydrogens (tertiary/aromatic N) is 2. The number of carbonyl (C=O) groups is 2. The lowest BCUT2D eigenvalue weighted by Gasteiger charge is -2.18. The molecule has 2 aromatic rings. The van der Waals surface area contributed by atoms with Crippen molar-refractivity contribution in [2.45, 2.75) is 19.5 Å². The van der Waals surface area contributed by atoms with Crippen molar-refractivity contribution >= 4 is 11.9 Å². The molecule has 160 valence electrons. The first kappa shape index (κ1) is 21.4. The van der Waals surface area contributed by atoms with Gasteiger partial charge in [-0.05, 0) is 35.4 Å². The van der Waals surface area contributed by atoms with Crippen molar-refractivity contribution in [2.24, 2.45) is 0 Å². The number of hydrogen-bond acceptors (Lipinski definition) is 3. The number of hydrogen-bond donors (Lipinski definition) is 1. The molecular formula is C20H19F4N3O3. The molecule has 0 spiro atoms. The van der Waals surface area contributed by atoms with E-state index < -0.39 is 6.36 Å². The number of amides is 3. The molecule has 0 aliphatic carbocycles. The van der Waals surface area contributed by atoms with Crippen LogP contribution in [0.4, 0.5) is 22.4 Å². The third kappa shape index (κ3) is 6.10. The van der Waals surface area contributed by atoms with Gasteiger partial charge in [0.2, 0.25) is 5.91 Å². The van der Waals surface area contributed by atoms with Crippen molar-refractivity contribution in [1.29, 1.82) is 0 Å². The summed E-state index contributed by atoms with van der Waals surface area (Å²) in [6, 6.07) is 10.7. The van der Waals surface area contributed by atoms with Crippen LogP contribution < -0.4 is 10.1 Å². The van der Waals surface area contributed by atoms with Gasteiger partial charge < -0.3 is 19.9 Å². The summed E-state index contributed by atoms with van der Waals surface area (Å²) in [7, 11) is 0. The Labute approximate surface area is 170 Å². The largest absolute Gasteiger partial charge is 0.573 e. The Morgan fingerprint density at radius 2 is 1.57 bits per heavy atom. The lowest BCUT2D eigenvalue weighted by molar-refractivity contribution is -0.274. The van der Waals surface area contributed by atoms with Gasteiger partial charge in [-0.25, -0.2) is 9.18 Å². The Bertz CT molecular complexity index is 886. The third-order valence-corrected chi connectivity index (χ3v) is 4.45. The molecule has 1 heterocycles. The highest BCUT2D eigenvalue weighted by Gasteiger charge is 2.31. The van der Waals surface area contributed by atoms with Crippen LogP contribution in [0.2, 0.25) is 0 Å². The quantitative estimate of drug-likeness (QED) is 0.693. The fourth-order valence-corrected chi connectivity index (χ4v) is 2.98. The zero-order valence-corrected chi connectivity index (χ0v) is 15.8. The van der Waals surface area contributed by atoms with Crippen LogP contribution in [0, 0.1) is 5.82 Å². The van der Waals surface area contributed by atoms with Crippen LogP contribution in [0.3, 0.4) is 0 Å². The molecule has 3 amide bonds. The van der Waals surface area contributed by atoms with E-state index in [0.29, 0.717) is 25.2 Å². The third-order valence-electron chi connectivity index (χ3n) is 4.45. The Morgan fingerprint density at radius 1 is 0.967 bits per heavy atom. The van der Waals surface area contributed by atoms with E-state index in [4.69, 9.17) is 0 Å². The topological polar surface area (TPSA) is 61.9 Å². The first-order valence-electron chi connectivity index (χ1n) is 9.09. The second kappa shape index (κ2) is 9.02. The van der Waals surface area contributed by atoms with Gasteiger partial charge >= 0.3 is 12.4 Å². The summed E-state index contributed by atoms with van der Waals surface area (Å²) in [4.78, 5) is 27.5. The van der Waals surface area contributed by atoms with Gasteiger partial charge in [-0.3, -0.25) is 4.79 Å². The van der Waals surface area contributed by atoms with Crippen LogP contribution in [0.25, 0.3) is 0 Å². The van der Waals surface area contributed by atoms with Crippen molar-refractivity contribution in [3.05, 3.63) is 65.5 Å². The fraction of sp³-hybridized carbons (Fsp3) is 0.300. The first-order valence-corrected chi connectivity index (χ1v) is 9.09. The normalized spacial score (nSPS) is 14.2. The maximum atomic E-state index is 13.0. The average molecular weight is 425 g/mol. The van der Waals surface area contributed by atoms with E-state index in [1.807, 2.05) is 0 Å². The van der Waals surface area contributed by atoms with Crippen LogP contribution in [-0.4, -0.2) is 47.7 Å². The number of carbonyl (C=O) groups excluding carboxylic acids is 2. The van der Waals surface area contributed by atoms with E-state index >= 15 is 0 Å². The maximum absolute atomic E-state index is 13.0. The monoisotopic (exact) mass is 425 g/mol. The van der Waals surface area contributed by atoms with Gasteiger partial charge in [-0.15, -0.1) is 13.2 Å². The SMILES string of the molecule is O=C(CN1CCN(Cc2ccc(F)cc2)C1=O)NCc1ccc(OC(F)(F)F)cc1. The molecule has 0 saturated carbocycles. The Morgan fingerprint density at radius 3 is 2.20 bits per heavy atom. The van der Waals surface area contributed by atoms with Gasteiger partial charge in [0.1, 0.15) is 18.1 Å². The average Bonchev–Trinajstić information content (AvgIpc) is 3.01. The van der Waals surface area contributed by atoms with Crippen molar-refractivity contribution in [3.8, 4) is 5.75 Å². The minimum absolute atomic E-state index is 0.104. The lowest BCUT2D eigenvalue weighted by atomic mass is 10.2. The van der Waals surface area contributed by atoms with Crippen LogP contribution in [0.15, 0.2) is 48.5 Å². The second-order valence-corrected chi connectivity index (χ2v) is 6.72. The minimum atomic E-state index is -4.76. The Balaban J connectivity index is 1.44. The van der Waals surface area contributed by atoms with Gasteiger partial charge in [0.05, 0.1) is 0 Å². The van der Waals surface area contributed by atoms with Gasteiger partial charge in [0.15, 0.2) is 0 Å². The molecule has 0 unspecified atom stereocenters. The van der Waals surface area contributed by atoms with Crippen LogP contribution in [-0.2, 0) is 17.9 Å². The highest BCUT2D eigenvalue weighted by molar-refractivity contribution is 5.85. The van der Waals surface area contributed by atoms with Gasteiger partial charge in [0.25, 0.3) is 0 Å². The molecule has 1 N–H and O–H groups in total. The summed E-state index contributed by atoms with van der Waals surface area (Å²) in [6.07, 6.45) is -4.76. The number of benzene rings is 2. The maximum Gasteiger partial charge on any atom is 0.573 e. The predicted octanol–water partition coefficient (Wildman–Crippen LogP) is 3.28. The van der Waals surface area contributed by atoms with Gasteiger partial charge in [-0.1, -0.05) is 24.3 Å². The molecule has 0 atom stereocenters. The van der Waals surface area contributed by atoms with Crippen LogP contribution >= 0.6 is 0 Å². The fourth-order valence-electron chi connectivity index (χ4n) is 2.98. The number of urea groups is 1. The minimum Gasteiger partial charge on any atom is -0.406 e. The molecule has 10 heteroatoms. The first-order chi connectivity index (χ1) is 14.2. The Kier molecular flexibility index (Phi) is 6.43. The number of ether oxygens (including phenoxy) is 1. The van der Waals surface area contributed by atoms with E-state index in [0.717, 1.165) is 17.7 Å². The molecule has 0 radical (unpaired) electrons. The summed E-state index contributed by atoms with van der Waals surface area (Å²) in [6.45, 7) is 1.13. The van der Waals surface area contributed by atoms with Crippen LogP contribution in [0.1, 0.15) is 11.1 Å². The zero-order valence-electron chi connectivity index (χ0n) is 15.8. The molecule has 0 bridgehead atoms. The molecule has 3 rings (SSSR count). The Hall–Kier alpha value is -3.30. The molecule has 30 heavy (non-hydrogen) atoms. The smallest absolute Gasteiger partial charge is 0.406 e. The standard InChI is InChI=1S/C20H19F4N3O3/c21-16-5-1-15(2-6-16)12-26-9-10-27(19(26)29)13-18(28)25-11-14-3-7-17(8-4-14)30-20(22,23)24/h1-8H,9-13H2,(H,25,28). The van der Waals surface area contributed by atoms with Crippen molar-refractivity contribution in [3.63, 3.8) is 0 Å². The predicted molar refractivity (Wildman–Crippen MR) is 98.8 cm³/mol. The van der Waals surface area contributed by atoms with E-state index in [2.05, 4.69) is 10.1 Å². The highest BCUT2D eigenvalue weighted by atomic mass is 19.4. The summed E-state index contributed by atoms with van der Waals surface area (Å²) < 4.78 is 53.2. The lowest BCUT2D eigenvalue weighted by Crippen LogP contribution is -2.39. The van der Waals surface area contributed by atoms with E-state index in [1.165, 1.54) is 29.2 Å². The van der Waals surface area contributed by atoms with E-state index in [-0.39, 0.29) is 36.6 Å². The summed E-state index contributed by atoms with van der Waals surface area (Å²) in [5, 5.41) is 2.63. The highest BCUT2D eigenvalue weighted by Crippen LogP contribution is 2.22.